The number of aryl methyl sites for hydroxylation is 1. The van der Waals surface area contributed by atoms with Gasteiger partial charge in [-0.25, -0.2) is 4.99 Å². The molecule has 4 heteroatoms. The molecule has 0 amide bonds. The quantitative estimate of drug-likeness (QED) is 0.844. The molecule has 1 aromatic carbocycles. The van der Waals surface area contributed by atoms with Gasteiger partial charge in [0.1, 0.15) is 6.61 Å². The highest BCUT2D eigenvalue weighted by atomic mass is 16.5. The minimum Gasteiger partial charge on any atom is -0.481 e. The van der Waals surface area contributed by atoms with E-state index in [0.29, 0.717) is 25.5 Å². The fourth-order valence-electron chi connectivity index (χ4n) is 1.88. The molecule has 0 radical (unpaired) electrons. The van der Waals surface area contributed by atoms with Crippen molar-refractivity contribution < 1.29 is 14.6 Å². The Balaban J connectivity index is 2.08. The number of aliphatic imine (C=N–C) groups is 1. The molecule has 90 valence electrons. The van der Waals surface area contributed by atoms with Crippen molar-refractivity contribution in [2.24, 2.45) is 4.99 Å². The van der Waals surface area contributed by atoms with Crippen LogP contribution in [0.1, 0.15) is 24.0 Å². The molecule has 0 saturated carbocycles. The van der Waals surface area contributed by atoms with Crippen LogP contribution in [0, 0.1) is 0 Å². The first kappa shape index (κ1) is 11.6. The molecule has 0 atom stereocenters. The SMILES string of the molecule is O=C(O)CCCc1ccccc1C1=NCCO1. The summed E-state index contributed by atoms with van der Waals surface area (Å²) < 4.78 is 5.44. The summed E-state index contributed by atoms with van der Waals surface area (Å²) in [6.07, 6.45) is 1.58. The van der Waals surface area contributed by atoms with Crippen LogP contribution in [0.5, 0.6) is 0 Å². The van der Waals surface area contributed by atoms with Gasteiger partial charge >= 0.3 is 5.97 Å². The lowest BCUT2D eigenvalue weighted by molar-refractivity contribution is -0.137. The minimum absolute atomic E-state index is 0.196. The predicted octanol–water partition coefficient (Wildman–Crippen LogP) is 1.87. The number of carboxylic acid groups (broad SMARTS) is 1. The van der Waals surface area contributed by atoms with E-state index in [4.69, 9.17) is 9.84 Å². The van der Waals surface area contributed by atoms with Crippen LogP contribution in [0.4, 0.5) is 0 Å². The van der Waals surface area contributed by atoms with E-state index < -0.39 is 5.97 Å². The number of hydrogen-bond acceptors (Lipinski definition) is 3. The average Bonchev–Trinajstić information content (AvgIpc) is 2.82. The first-order valence-electron chi connectivity index (χ1n) is 5.74. The molecule has 0 aliphatic carbocycles. The highest BCUT2D eigenvalue weighted by molar-refractivity contribution is 5.96. The van der Waals surface area contributed by atoms with Crippen LogP contribution in [0.3, 0.4) is 0 Å². The lowest BCUT2D eigenvalue weighted by Gasteiger charge is -2.08. The van der Waals surface area contributed by atoms with Crippen molar-refractivity contribution in [2.45, 2.75) is 19.3 Å². The summed E-state index contributed by atoms with van der Waals surface area (Å²) in [5, 5.41) is 8.62. The Hall–Kier alpha value is -1.84. The zero-order chi connectivity index (χ0) is 12.1. The summed E-state index contributed by atoms with van der Waals surface area (Å²) in [6.45, 7) is 1.34. The van der Waals surface area contributed by atoms with Gasteiger partial charge in [0.2, 0.25) is 5.90 Å². The van der Waals surface area contributed by atoms with Gasteiger partial charge in [-0.1, -0.05) is 18.2 Å². The van der Waals surface area contributed by atoms with Crippen molar-refractivity contribution in [2.75, 3.05) is 13.2 Å². The Kier molecular flexibility index (Phi) is 3.75. The molecule has 1 aliphatic heterocycles. The highest BCUT2D eigenvalue weighted by Gasteiger charge is 2.13. The maximum atomic E-state index is 10.5. The van der Waals surface area contributed by atoms with Crippen LogP contribution in [0.2, 0.25) is 0 Å². The van der Waals surface area contributed by atoms with Gasteiger partial charge in [0.15, 0.2) is 0 Å². The van der Waals surface area contributed by atoms with Crippen molar-refractivity contribution in [3.8, 4) is 0 Å². The maximum Gasteiger partial charge on any atom is 0.303 e. The van der Waals surface area contributed by atoms with E-state index >= 15 is 0 Å². The van der Waals surface area contributed by atoms with Gasteiger partial charge in [-0.2, -0.15) is 0 Å². The van der Waals surface area contributed by atoms with Crippen LogP contribution >= 0.6 is 0 Å². The van der Waals surface area contributed by atoms with Crippen molar-refractivity contribution >= 4 is 11.9 Å². The third-order valence-electron chi connectivity index (χ3n) is 2.67. The second kappa shape index (κ2) is 5.48. The van der Waals surface area contributed by atoms with Crippen LogP contribution in [0.15, 0.2) is 29.3 Å². The number of nitrogens with zero attached hydrogens (tertiary/aromatic N) is 1. The van der Waals surface area contributed by atoms with E-state index in [1.807, 2.05) is 24.3 Å². The first-order valence-corrected chi connectivity index (χ1v) is 5.74. The number of carbonyl (C=O) groups is 1. The predicted molar refractivity (Wildman–Crippen MR) is 64.4 cm³/mol. The summed E-state index contributed by atoms with van der Waals surface area (Å²) in [4.78, 5) is 14.8. The number of aliphatic carboxylic acids is 1. The van der Waals surface area contributed by atoms with Crippen molar-refractivity contribution in [1.29, 1.82) is 0 Å². The van der Waals surface area contributed by atoms with E-state index in [-0.39, 0.29) is 6.42 Å². The van der Waals surface area contributed by atoms with Crippen molar-refractivity contribution in [1.82, 2.24) is 0 Å². The van der Waals surface area contributed by atoms with Gasteiger partial charge in [-0.3, -0.25) is 4.79 Å². The third kappa shape index (κ3) is 3.06. The second-order valence-electron chi connectivity index (χ2n) is 3.94. The monoisotopic (exact) mass is 233 g/mol. The lowest BCUT2D eigenvalue weighted by Crippen LogP contribution is -2.06. The zero-order valence-corrected chi connectivity index (χ0v) is 9.56. The molecular formula is C13H15NO3. The molecule has 1 aromatic rings. The van der Waals surface area contributed by atoms with E-state index in [0.717, 1.165) is 17.5 Å². The molecule has 1 N–H and O–H groups in total. The van der Waals surface area contributed by atoms with Gasteiger partial charge < -0.3 is 9.84 Å². The number of benzene rings is 1. The van der Waals surface area contributed by atoms with E-state index in [9.17, 15) is 4.79 Å². The second-order valence-corrected chi connectivity index (χ2v) is 3.94. The van der Waals surface area contributed by atoms with Crippen LogP contribution in [-0.4, -0.2) is 30.1 Å². The summed E-state index contributed by atoms with van der Waals surface area (Å²) in [5.74, 6) is -0.0622. The average molecular weight is 233 g/mol. The van der Waals surface area contributed by atoms with E-state index in [1.54, 1.807) is 0 Å². The van der Waals surface area contributed by atoms with E-state index in [1.165, 1.54) is 0 Å². The van der Waals surface area contributed by atoms with Crippen LogP contribution in [0.25, 0.3) is 0 Å². The van der Waals surface area contributed by atoms with E-state index in [2.05, 4.69) is 4.99 Å². The molecule has 0 aromatic heterocycles. The van der Waals surface area contributed by atoms with Gasteiger partial charge in [-0.15, -0.1) is 0 Å². The summed E-state index contributed by atoms with van der Waals surface area (Å²) in [7, 11) is 0. The Morgan fingerprint density at radius 1 is 1.41 bits per heavy atom. The van der Waals surface area contributed by atoms with Crippen molar-refractivity contribution in [3.05, 3.63) is 35.4 Å². The molecule has 0 bridgehead atoms. The number of carboxylic acids is 1. The zero-order valence-electron chi connectivity index (χ0n) is 9.56. The summed E-state index contributed by atoms with van der Waals surface area (Å²) in [6, 6.07) is 7.87. The number of hydrogen-bond donors (Lipinski definition) is 1. The number of ether oxygens (including phenoxy) is 1. The molecule has 4 nitrogen and oxygen atoms in total. The van der Waals surface area contributed by atoms with Crippen molar-refractivity contribution in [3.63, 3.8) is 0 Å². The topological polar surface area (TPSA) is 58.9 Å². The molecule has 0 spiro atoms. The van der Waals surface area contributed by atoms with Gasteiger partial charge in [0, 0.05) is 12.0 Å². The normalized spacial score (nSPS) is 14.2. The van der Waals surface area contributed by atoms with Gasteiger partial charge in [0.25, 0.3) is 0 Å². The Morgan fingerprint density at radius 2 is 2.24 bits per heavy atom. The Morgan fingerprint density at radius 3 is 2.94 bits per heavy atom. The first-order chi connectivity index (χ1) is 8.27. The summed E-state index contributed by atoms with van der Waals surface area (Å²) >= 11 is 0. The Labute approximate surface area is 99.9 Å². The Bertz CT molecular complexity index is 440. The minimum atomic E-state index is -0.753. The molecule has 1 aliphatic rings. The lowest BCUT2D eigenvalue weighted by atomic mass is 10.0. The highest BCUT2D eigenvalue weighted by Crippen LogP contribution is 2.16. The largest absolute Gasteiger partial charge is 0.481 e. The van der Waals surface area contributed by atoms with Gasteiger partial charge in [0.05, 0.1) is 6.54 Å². The molecule has 0 unspecified atom stereocenters. The summed E-state index contributed by atoms with van der Waals surface area (Å²) in [5.41, 5.74) is 2.10. The van der Waals surface area contributed by atoms with Crippen LogP contribution < -0.4 is 0 Å². The molecule has 17 heavy (non-hydrogen) atoms. The van der Waals surface area contributed by atoms with Gasteiger partial charge in [-0.05, 0) is 24.5 Å². The molecule has 1 heterocycles. The third-order valence-corrected chi connectivity index (χ3v) is 2.67. The van der Waals surface area contributed by atoms with Crippen LogP contribution in [-0.2, 0) is 16.0 Å². The standard InChI is InChI=1S/C13H15NO3/c15-12(16)7-3-5-10-4-1-2-6-11(10)13-14-8-9-17-13/h1-2,4,6H,3,5,7-9H2,(H,15,16). The molecule has 0 saturated heterocycles. The molecule has 0 fully saturated rings. The molecule has 2 rings (SSSR count). The fourth-order valence-corrected chi connectivity index (χ4v) is 1.88. The maximum absolute atomic E-state index is 10.5. The molecular weight excluding hydrogens is 218 g/mol. The fraction of sp³-hybridized carbons (Fsp3) is 0.385. The smallest absolute Gasteiger partial charge is 0.303 e. The number of rotatable bonds is 5.